The van der Waals surface area contributed by atoms with Crippen molar-refractivity contribution in [2.75, 3.05) is 26.4 Å². The van der Waals surface area contributed by atoms with Crippen LogP contribution in [0.4, 0.5) is 0 Å². The van der Waals surface area contributed by atoms with E-state index in [0.717, 1.165) is 29.7 Å². The minimum Gasteiger partial charge on any atom is -0.396 e. The van der Waals surface area contributed by atoms with Gasteiger partial charge in [-0.2, -0.15) is 0 Å². The van der Waals surface area contributed by atoms with Crippen molar-refractivity contribution in [1.82, 2.24) is 15.3 Å². The zero-order valence-corrected chi connectivity index (χ0v) is 14.1. The van der Waals surface area contributed by atoms with Crippen molar-refractivity contribution in [3.63, 3.8) is 0 Å². The van der Waals surface area contributed by atoms with Crippen LogP contribution in [0.1, 0.15) is 34.6 Å². The average Bonchev–Trinajstić information content (AvgIpc) is 2.61. The average molecular weight is 329 g/mol. The molecular weight excluding hydrogens is 306 g/mol. The van der Waals surface area contributed by atoms with E-state index in [4.69, 9.17) is 4.74 Å². The molecule has 1 saturated heterocycles. The van der Waals surface area contributed by atoms with Gasteiger partial charge in [0.2, 0.25) is 0 Å². The van der Waals surface area contributed by atoms with Crippen LogP contribution in [0.2, 0.25) is 0 Å². The lowest BCUT2D eigenvalue weighted by atomic mass is 9.81. The SMILES string of the molecule is Cc1nc2ccc(C(=O)NCC3(CO)CCOCC3)cc2nc1C. The van der Waals surface area contributed by atoms with E-state index in [1.165, 1.54) is 0 Å². The minimum atomic E-state index is -0.279. The molecule has 2 N–H and O–H groups in total. The molecule has 128 valence electrons. The maximum atomic E-state index is 12.5. The minimum absolute atomic E-state index is 0.0539. The first-order valence-electron chi connectivity index (χ1n) is 8.25. The number of aliphatic hydroxyl groups excluding tert-OH is 1. The van der Waals surface area contributed by atoms with Gasteiger partial charge >= 0.3 is 0 Å². The quantitative estimate of drug-likeness (QED) is 0.893. The third-order valence-electron chi connectivity index (χ3n) is 4.85. The predicted molar refractivity (Wildman–Crippen MR) is 90.9 cm³/mol. The lowest BCUT2D eigenvalue weighted by molar-refractivity contribution is -0.0146. The number of nitrogens with one attached hydrogen (secondary N) is 1. The Bertz CT molecular complexity index is 755. The van der Waals surface area contributed by atoms with Gasteiger partial charge in [-0.3, -0.25) is 4.79 Å². The molecule has 1 aliphatic heterocycles. The van der Waals surface area contributed by atoms with Crippen LogP contribution in [0, 0.1) is 19.3 Å². The van der Waals surface area contributed by atoms with E-state index in [0.29, 0.717) is 30.8 Å². The van der Waals surface area contributed by atoms with Crippen LogP contribution in [0.5, 0.6) is 0 Å². The summed E-state index contributed by atoms with van der Waals surface area (Å²) < 4.78 is 5.35. The summed E-state index contributed by atoms with van der Waals surface area (Å²) in [7, 11) is 0. The molecule has 6 heteroatoms. The second kappa shape index (κ2) is 6.83. The highest BCUT2D eigenvalue weighted by atomic mass is 16.5. The molecule has 1 fully saturated rings. The summed E-state index contributed by atoms with van der Waals surface area (Å²) in [6.45, 7) is 5.58. The Morgan fingerprint density at radius 1 is 1.21 bits per heavy atom. The van der Waals surface area contributed by atoms with Crippen LogP contribution in [-0.2, 0) is 4.74 Å². The Hall–Kier alpha value is -2.05. The van der Waals surface area contributed by atoms with Crippen molar-refractivity contribution in [3.8, 4) is 0 Å². The van der Waals surface area contributed by atoms with Crippen LogP contribution in [0.3, 0.4) is 0 Å². The molecule has 0 spiro atoms. The molecule has 6 nitrogen and oxygen atoms in total. The molecule has 2 heterocycles. The molecule has 0 aliphatic carbocycles. The molecule has 1 aromatic heterocycles. The Morgan fingerprint density at radius 3 is 2.54 bits per heavy atom. The second-order valence-corrected chi connectivity index (χ2v) is 6.55. The van der Waals surface area contributed by atoms with Crippen LogP contribution in [0.15, 0.2) is 18.2 Å². The van der Waals surface area contributed by atoms with Crippen molar-refractivity contribution in [2.24, 2.45) is 5.41 Å². The molecule has 1 aliphatic rings. The molecule has 24 heavy (non-hydrogen) atoms. The lowest BCUT2D eigenvalue weighted by Crippen LogP contribution is -2.43. The van der Waals surface area contributed by atoms with E-state index in [1.807, 2.05) is 19.9 Å². The van der Waals surface area contributed by atoms with Gasteiger partial charge < -0.3 is 15.2 Å². The molecule has 0 unspecified atom stereocenters. The fourth-order valence-corrected chi connectivity index (χ4v) is 2.94. The van der Waals surface area contributed by atoms with Crippen LogP contribution in [0.25, 0.3) is 11.0 Å². The van der Waals surface area contributed by atoms with E-state index >= 15 is 0 Å². The van der Waals surface area contributed by atoms with Crippen molar-refractivity contribution in [2.45, 2.75) is 26.7 Å². The number of amides is 1. The van der Waals surface area contributed by atoms with E-state index in [1.54, 1.807) is 12.1 Å². The summed E-state index contributed by atoms with van der Waals surface area (Å²) in [5.74, 6) is -0.156. The third kappa shape index (κ3) is 3.39. The zero-order chi connectivity index (χ0) is 17.2. The molecule has 0 atom stereocenters. The first-order chi connectivity index (χ1) is 11.5. The number of carbonyl (C=O) groups is 1. The van der Waals surface area contributed by atoms with Gasteiger partial charge in [0, 0.05) is 30.7 Å². The monoisotopic (exact) mass is 329 g/mol. The highest BCUT2D eigenvalue weighted by Gasteiger charge is 2.32. The number of fused-ring (bicyclic) bond motifs is 1. The topological polar surface area (TPSA) is 84.3 Å². The van der Waals surface area contributed by atoms with Crippen LogP contribution in [-0.4, -0.2) is 47.3 Å². The summed E-state index contributed by atoms with van der Waals surface area (Å²) in [6, 6.07) is 5.34. The van der Waals surface area contributed by atoms with Gasteiger partial charge in [-0.25, -0.2) is 9.97 Å². The van der Waals surface area contributed by atoms with Gasteiger partial charge in [0.1, 0.15) is 0 Å². The largest absolute Gasteiger partial charge is 0.396 e. The summed E-state index contributed by atoms with van der Waals surface area (Å²) in [5, 5.41) is 12.6. The highest BCUT2D eigenvalue weighted by molar-refractivity contribution is 5.97. The lowest BCUT2D eigenvalue weighted by Gasteiger charge is -2.35. The fraction of sp³-hybridized carbons (Fsp3) is 0.500. The number of hydrogen-bond acceptors (Lipinski definition) is 5. The number of ether oxygens (including phenoxy) is 1. The number of benzene rings is 1. The number of hydrogen-bond donors (Lipinski definition) is 2. The summed E-state index contributed by atoms with van der Waals surface area (Å²) in [4.78, 5) is 21.4. The Kier molecular flexibility index (Phi) is 4.78. The third-order valence-corrected chi connectivity index (χ3v) is 4.85. The van der Waals surface area contributed by atoms with Gasteiger partial charge in [-0.1, -0.05) is 0 Å². The summed E-state index contributed by atoms with van der Waals surface area (Å²) in [6.07, 6.45) is 1.51. The maximum absolute atomic E-state index is 12.5. The molecule has 0 saturated carbocycles. The first kappa shape index (κ1) is 16.8. The smallest absolute Gasteiger partial charge is 0.251 e. The van der Waals surface area contributed by atoms with Gasteiger partial charge in [0.15, 0.2) is 0 Å². The van der Waals surface area contributed by atoms with Crippen molar-refractivity contribution >= 4 is 16.9 Å². The maximum Gasteiger partial charge on any atom is 0.251 e. The van der Waals surface area contributed by atoms with Crippen molar-refractivity contribution < 1.29 is 14.6 Å². The van der Waals surface area contributed by atoms with Crippen molar-refractivity contribution in [1.29, 1.82) is 0 Å². The van der Waals surface area contributed by atoms with E-state index in [-0.39, 0.29) is 17.9 Å². The Balaban J connectivity index is 1.75. The standard InChI is InChI=1S/C18H23N3O3/c1-12-13(2)21-16-9-14(3-4-15(16)20-12)17(23)19-10-18(11-22)5-7-24-8-6-18/h3-4,9,22H,5-8,10-11H2,1-2H3,(H,19,23). The number of rotatable bonds is 4. The second-order valence-electron chi connectivity index (χ2n) is 6.55. The molecule has 2 aromatic rings. The number of aryl methyl sites for hydroxylation is 2. The molecule has 3 rings (SSSR count). The first-order valence-corrected chi connectivity index (χ1v) is 8.25. The molecular formula is C18H23N3O3. The normalized spacial score (nSPS) is 17.0. The van der Waals surface area contributed by atoms with Crippen molar-refractivity contribution in [3.05, 3.63) is 35.2 Å². The zero-order valence-electron chi connectivity index (χ0n) is 14.1. The van der Waals surface area contributed by atoms with E-state index in [2.05, 4.69) is 15.3 Å². The molecule has 1 aromatic carbocycles. The number of aliphatic hydroxyl groups is 1. The van der Waals surface area contributed by atoms with Gasteiger partial charge in [-0.05, 0) is 44.9 Å². The molecule has 0 bridgehead atoms. The molecule has 1 amide bonds. The Morgan fingerprint density at radius 2 is 1.88 bits per heavy atom. The van der Waals surface area contributed by atoms with E-state index < -0.39 is 0 Å². The fourth-order valence-electron chi connectivity index (χ4n) is 2.94. The summed E-state index contributed by atoms with van der Waals surface area (Å²) >= 11 is 0. The van der Waals surface area contributed by atoms with Gasteiger partial charge in [0.05, 0.1) is 29.0 Å². The highest BCUT2D eigenvalue weighted by Crippen LogP contribution is 2.29. The van der Waals surface area contributed by atoms with Gasteiger partial charge in [-0.15, -0.1) is 0 Å². The number of carbonyl (C=O) groups excluding carboxylic acids is 1. The number of aromatic nitrogens is 2. The molecule has 0 radical (unpaired) electrons. The van der Waals surface area contributed by atoms with Gasteiger partial charge in [0.25, 0.3) is 5.91 Å². The number of nitrogens with zero attached hydrogens (tertiary/aromatic N) is 2. The van der Waals surface area contributed by atoms with Crippen LogP contribution < -0.4 is 5.32 Å². The van der Waals surface area contributed by atoms with Crippen LogP contribution >= 0.6 is 0 Å². The summed E-state index contributed by atoms with van der Waals surface area (Å²) in [5.41, 5.74) is 3.53. The predicted octanol–water partition coefficient (Wildman–Crippen LogP) is 1.77. The Labute approximate surface area is 141 Å². The van der Waals surface area contributed by atoms with E-state index in [9.17, 15) is 9.90 Å².